The second-order valence-electron chi connectivity index (χ2n) is 7.14. The van der Waals surface area contributed by atoms with E-state index in [1.807, 2.05) is 36.4 Å². The van der Waals surface area contributed by atoms with E-state index in [0.29, 0.717) is 12.3 Å². The number of hydrogen-bond donors (Lipinski definition) is 2. The molecule has 30 heavy (non-hydrogen) atoms. The van der Waals surface area contributed by atoms with Gasteiger partial charge in [0.25, 0.3) is 0 Å². The lowest BCUT2D eigenvalue weighted by molar-refractivity contribution is -0.149. The van der Waals surface area contributed by atoms with Crippen LogP contribution in [0.25, 0.3) is 11.1 Å². The third-order valence-corrected chi connectivity index (χ3v) is 4.34. The lowest BCUT2D eigenvalue weighted by Crippen LogP contribution is -2.17. The van der Waals surface area contributed by atoms with Gasteiger partial charge in [0.1, 0.15) is 0 Å². The molecule has 0 aliphatic heterocycles. The molecule has 0 fully saturated rings. The molecule has 1 aliphatic carbocycles. The maximum atomic E-state index is 10.9. The van der Waals surface area contributed by atoms with E-state index in [4.69, 9.17) is 10.2 Å². The van der Waals surface area contributed by atoms with Crippen molar-refractivity contribution in [3.8, 4) is 11.1 Å². The third-order valence-electron chi connectivity index (χ3n) is 4.34. The molecule has 2 N–H and O–H groups in total. The van der Waals surface area contributed by atoms with Crippen LogP contribution in [0.5, 0.6) is 0 Å². The number of hydrogen-bond acceptors (Lipinski definition) is 5. The zero-order valence-corrected chi connectivity index (χ0v) is 17.5. The molecule has 0 amide bonds. The van der Waals surface area contributed by atoms with Gasteiger partial charge in [0.15, 0.2) is 0 Å². The Kier molecular flexibility index (Phi) is 7.86. The van der Waals surface area contributed by atoms with Gasteiger partial charge in [-0.05, 0) is 31.9 Å². The first-order chi connectivity index (χ1) is 14.2. The Labute approximate surface area is 175 Å². The molecule has 7 nitrogen and oxygen atoms in total. The summed E-state index contributed by atoms with van der Waals surface area (Å²) in [4.78, 5) is 30.2. The van der Waals surface area contributed by atoms with Crippen molar-refractivity contribution in [3.63, 3.8) is 0 Å². The lowest BCUT2D eigenvalue weighted by Gasteiger charge is -2.05. The molecule has 2 aromatic carbocycles. The fraction of sp³-hybridized carbons (Fsp3) is 0.304. The van der Waals surface area contributed by atoms with Crippen LogP contribution in [0, 0.1) is 5.92 Å². The summed E-state index contributed by atoms with van der Waals surface area (Å²) in [6.45, 7) is 6.87. The van der Waals surface area contributed by atoms with Crippen LogP contribution in [0.4, 0.5) is 0 Å². The summed E-state index contributed by atoms with van der Waals surface area (Å²) in [5.74, 6) is -2.29. The average Bonchev–Trinajstić information content (AvgIpc) is 3.04. The van der Waals surface area contributed by atoms with Crippen LogP contribution in [-0.4, -0.2) is 46.2 Å². The van der Waals surface area contributed by atoms with E-state index in [0.717, 1.165) is 16.8 Å². The topological polar surface area (TPSA) is 109 Å². The second kappa shape index (κ2) is 10.3. The smallest absolute Gasteiger partial charge is 0.347 e. The van der Waals surface area contributed by atoms with Crippen LogP contribution in [0.2, 0.25) is 0 Å². The number of carboxylic acid groups (broad SMARTS) is 2. The van der Waals surface area contributed by atoms with Crippen LogP contribution >= 0.6 is 0 Å². The van der Waals surface area contributed by atoms with Crippen molar-refractivity contribution < 1.29 is 24.6 Å². The molecular weight excluding hydrogens is 384 g/mol. The van der Waals surface area contributed by atoms with Crippen molar-refractivity contribution in [2.75, 3.05) is 6.54 Å². The number of aliphatic carboxylic acids is 2. The van der Waals surface area contributed by atoms with Gasteiger partial charge in [0, 0.05) is 11.1 Å². The number of rotatable bonds is 6. The normalized spacial score (nSPS) is 13.0. The van der Waals surface area contributed by atoms with Crippen molar-refractivity contribution in [2.24, 2.45) is 16.1 Å². The summed E-state index contributed by atoms with van der Waals surface area (Å²) in [5.41, 5.74) is 6.13. The van der Waals surface area contributed by atoms with Crippen molar-refractivity contribution in [1.29, 1.82) is 0 Å². The molecule has 2 aromatic rings. The van der Waals surface area contributed by atoms with E-state index < -0.39 is 24.0 Å². The second-order valence-corrected chi connectivity index (χ2v) is 7.14. The number of benzene rings is 2. The summed E-state index contributed by atoms with van der Waals surface area (Å²) in [5, 5.41) is 20.8. The number of carboxylic acids is 2. The Balaban J connectivity index is 0.000000274. The summed E-state index contributed by atoms with van der Waals surface area (Å²) in [6, 6.07) is 16.2. The highest BCUT2D eigenvalue weighted by molar-refractivity contribution is 6.24. The quantitative estimate of drug-likeness (QED) is 0.470. The Morgan fingerprint density at radius 2 is 1.33 bits per heavy atom. The molecule has 2 atom stereocenters. The van der Waals surface area contributed by atoms with Crippen molar-refractivity contribution in [3.05, 3.63) is 59.7 Å². The molecule has 1 aliphatic rings. The monoisotopic (exact) mass is 410 g/mol. The maximum Gasteiger partial charge on any atom is 0.347 e. The van der Waals surface area contributed by atoms with Gasteiger partial charge >= 0.3 is 11.9 Å². The first-order valence-electron chi connectivity index (χ1n) is 9.58. The fourth-order valence-corrected chi connectivity index (χ4v) is 2.70. The molecule has 158 valence electrons. The number of nitrogens with zero attached hydrogens (tertiary/aromatic N) is 2. The van der Waals surface area contributed by atoms with E-state index in [1.165, 1.54) is 18.1 Å². The highest BCUT2D eigenvalue weighted by Crippen LogP contribution is 2.36. The van der Waals surface area contributed by atoms with Gasteiger partial charge in [-0.25, -0.2) is 4.79 Å². The minimum atomic E-state index is -1.01. The molecule has 0 saturated heterocycles. The third kappa shape index (κ3) is 5.76. The molecule has 0 radical (unpaired) electrons. The van der Waals surface area contributed by atoms with Gasteiger partial charge in [-0.2, -0.15) is 0 Å². The lowest BCUT2D eigenvalue weighted by atomic mass is 10.1. The molecule has 3 rings (SSSR count). The van der Waals surface area contributed by atoms with E-state index >= 15 is 0 Å². The molecule has 0 heterocycles. The number of oxime groups is 1. The zero-order chi connectivity index (χ0) is 22.3. The zero-order valence-electron chi connectivity index (χ0n) is 17.5. The van der Waals surface area contributed by atoms with Gasteiger partial charge in [-0.3, -0.25) is 9.79 Å². The van der Waals surface area contributed by atoms with Gasteiger partial charge in [-0.1, -0.05) is 60.6 Å². The van der Waals surface area contributed by atoms with Gasteiger partial charge in [-0.15, -0.1) is 0 Å². The molecule has 0 spiro atoms. The fourth-order valence-electron chi connectivity index (χ4n) is 2.70. The van der Waals surface area contributed by atoms with E-state index in [2.05, 4.69) is 27.1 Å². The van der Waals surface area contributed by atoms with Crippen molar-refractivity contribution >= 4 is 23.4 Å². The van der Waals surface area contributed by atoms with Gasteiger partial charge in [0.2, 0.25) is 6.10 Å². The summed E-state index contributed by atoms with van der Waals surface area (Å²) < 4.78 is 0. The Bertz CT molecular complexity index is 930. The summed E-state index contributed by atoms with van der Waals surface area (Å²) in [6.07, 6.45) is -0.866. The van der Waals surface area contributed by atoms with Gasteiger partial charge in [0.05, 0.1) is 23.9 Å². The molecule has 7 heteroatoms. The van der Waals surface area contributed by atoms with Gasteiger partial charge < -0.3 is 15.1 Å². The minimum Gasteiger partial charge on any atom is -0.481 e. The molecule has 2 unspecified atom stereocenters. The largest absolute Gasteiger partial charge is 0.481 e. The molecular formula is C23H26N2O5. The summed E-state index contributed by atoms with van der Waals surface area (Å²) in [7, 11) is 0. The summed E-state index contributed by atoms with van der Waals surface area (Å²) >= 11 is 0. The molecule has 0 aromatic heterocycles. The first-order valence-corrected chi connectivity index (χ1v) is 9.58. The Morgan fingerprint density at radius 3 is 1.73 bits per heavy atom. The SMILES string of the molecule is CC(C)=NOC(C)C(=O)O.CC(CN=C1c2ccccc2-c2ccccc21)C(=O)O. The first kappa shape index (κ1) is 22.8. The predicted molar refractivity (Wildman–Crippen MR) is 116 cm³/mol. The standard InChI is InChI=1S/C17H15NO2.C6H11NO3/c1-11(17(19)20)10-18-16-14-8-4-2-6-12(14)13-7-3-5-9-15(13)16;1-4(2)7-10-5(3)6(8)9/h2-9,11H,10H2,1H3,(H,19,20);5H,1-3H3,(H,8,9). The van der Waals surface area contributed by atoms with Crippen LogP contribution in [0.3, 0.4) is 0 Å². The molecule has 0 bridgehead atoms. The highest BCUT2D eigenvalue weighted by Gasteiger charge is 2.24. The average molecular weight is 410 g/mol. The van der Waals surface area contributed by atoms with E-state index in [-0.39, 0.29) is 0 Å². The Morgan fingerprint density at radius 1 is 0.867 bits per heavy atom. The van der Waals surface area contributed by atoms with E-state index in [1.54, 1.807) is 20.8 Å². The Hall–Kier alpha value is -3.48. The van der Waals surface area contributed by atoms with Crippen molar-refractivity contribution in [1.82, 2.24) is 0 Å². The number of carbonyl (C=O) groups is 2. The number of fused-ring (bicyclic) bond motifs is 3. The van der Waals surface area contributed by atoms with E-state index in [9.17, 15) is 9.59 Å². The van der Waals surface area contributed by atoms with Crippen LogP contribution in [0.1, 0.15) is 38.8 Å². The van der Waals surface area contributed by atoms with Crippen LogP contribution < -0.4 is 0 Å². The maximum absolute atomic E-state index is 10.9. The van der Waals surface area contributed by atoms with Crippen LogP contribution in [-0.2, 0) is 14.4 Å². The minimum absolute atomic E-state index is 0.299. The van der Waals surface area contributed by atoms with Crippen LogP contribution in [0.15, 0.2) is 58.7 Å². The predicted octanol–water partition coefficient (Wildman–Crippen LogP) is 4.10. The van der Waals surface area contributed by atoms with Crippen molar-refractivity contribution in [2.45, 2.75) is 33.8 Å². The highest BCUT2D eigenvalue weighted by atomic mass is 16.6. The number of aliphatic imine (C=N–C) groups is 1. The molecule has 0 saturated carbocycles.